The van der Waals surface area contributed by atoms with E-state index in [1.54, 1.807) is 32.0 Å². The molecule has 7 heteroatoms. The van der Waals surface area contributed by atoms with Gasteiger partial charge < -0.3 is 5.11 Å². The van der Waals surface area contributed by atoms with E-state index in [1.807, 2.05) is 37.3 Å². The van der Waals surface area contributed by atoms with Crippen molar-refractivity contribution in [3.05, 3.63) is 59.7 Å². The van der Waals surface area contributed by atoms with Crippen molar-refractivity contribution >= 4 is 13.7 Å². The zero-order valence-corrected chi connectivity index (χ0v) is 16.7. The largest absolute Gasteiger partial charge is 0.478 e. The Hall–Kier alpha value is -1.98. The van der Waals surface area contributed by atoms with Crippen LogP contribution in [0.2, 0.25) is 0 Å². The number of benzene rings is 2. The Kier molecular flexibility index (Phi) is 7.75. The van der Waals surface area contributed by atoms with Crippen molar-refractivity contribution in [3.8, 4) is 11.1 Å². The first kappa shape index (κ1) is 21.3. The molecule has 2 N–H and O–H groups in total. The lowest BCUT2D eigenvalue weighted by atomic mass is 9.97. The van der Waals surface area contributed by atoms with Crippen molar-refractivity contribution in [2.24, 2.45) is 0 Å². The molecule has 1 atom stereocenters. The highest BCUT2D eigenvalue weighted by atomic mass is 31.2. The highest BCUT2D eigenvalue weighted by Gasteiger charge is 2.23. The van der Waals surface area contributed by atoms with Crippen LogP contribution >= 0.6 is 7.75 Å². The van der Waals surface area contributed by atoms with E-state index in [1.165, 1.54) is 0 Å². The van der Waals surface area contributed by atoms with Crippen LogP contribution in [0.1, 0.15) is 42.6 Å². The Labute approximate surface area is 160 Å². The zero-order valence-electron chi connectivity index (χ0n) is 15.8. The predicted octanol–water partition coefficient (Wildman–Crippen LogP) is 4.93. The van der Waals surface area contributed by atoms with Crippen LogP contribution in [0, 0.1) is 0 Å². The molecule has 0 bridgehead atoms. The Morgan fingerprint density at radius 1 is 1.07 bits per heavy atom. The maximum atomic E-state index is 12.5. The maximum Gasteiger partial charge on any atom is 0.405 e. The summed E-state index contributed by atoms with van der Waals surface area (Å²) in [5.74, 6) is -0.847. The highest BCUT2D eigenvalue weighted by molar-refractivity contribution is 7.51. The van der Waals surface area contributed by atoms with Gasteiger partial charge in [0.25, 0.3) is 0 Å². The van der Waals surface area contributed by atoms with Gasteiger partial charge >= 0.3 is 13.7 Å². The van der Waals surface area contributed by atoms with Gasteiger partial charge in [-0.25, -0.2) is 14.4 Å². The van der Waals surface area contributed by atoms with Crippen molar-refractivity contribution in [1.29, 1.82) is 0 Å². The number of aromatic carboxylic acids is 1. The smallest absolute Gasteiger partial charge is 0.405 e. The van der Waals surface area contributed by atoms with E-state index < -0.39 is 13.7 Å². The summed E-state index contributed by atoms with van der Waals surface area (Å²) in [5, 5.41) is 12.0. The SMILES string of the molecule is CCOP(=O)(NCC(C)c1ccc(-c2cccc(C(=O)O)c2)cc1)OCC. The molecule has 146 valence electrons. The highest BCUT2D eigenvalue weighted by Crippen LogP contribution is 2.43. The lowest BCUT2D eigenvalue weighted by molar-refractivity contribution is 0.0697. The number of carboxylic acid groups (broad SMARTS) is 1. The second-order valence-corrected chi connectivity index (χ2v) is 7.93. The van der Waals surface area contributed by atoms with E-state index in [9.17, 15) is 9.36 Å². The third kappa shape index (κ3) is 6.01. The Morgan fingerprint density at radius 2 is 1.70 bits per heavy atom. The molecule has 6 nitrogen and oxygen atoms in total. The fourth-order valence-electron chi connectivity index (χ4n) is 2.67. The van der Waals surface area contributed by atoms with E-state index in [0.717, 1.165) is 16.7 Å². The Morgan fingerprint density at radius 3 is 2.26 bits per heavy atom. The van der Waals surface area contributed by atoms with Gasteiger partial charge in [0.15, 0.2) is 0 Å². The van der Waals surface area contributed by atoms with Crippen LogP contribution in [-0.2, 0) is 13.6 Å². The summed E-state index contributed by atoms with van der Waals surface area (Å²) >= 11 is 0. The van der Waals surface area contributed by atoms with Crippen LogP contribution in [0.15, 0.2) is 48.5 Å². The van der Waals surface area contributed by atoms with Gasteiger partial charge in [0.05, 0.1) is 18.8 Å². The van der Waals surface area contributed by atoms with Gasteiger partial charge in [-0.15, -0.1) is 0 Å². The van der Waals surface area contributed by atoms with Crippen LogP contribution < -0.4 is 5.09 Å². The van der Waals surface area contributed by atoms with Crippen LogP contribution in [0.25, 0.3) is 11.1 Å². The van der Waals surface area contributed by atoms with Gasteiger partial charge in [0.1, 0.15) is 0 Å². The van der Waals surface area contributed by atoms with Crippen molar-refractivity contribution in [3.63, 3.8) is 0 Å². The van der Waals surface area contributed by atoms with E-state index >= 15 is 0 Å². The first-order valence-electron chi connectivity index (χ1n) is 8.96. The van der Waals surface area contributed by atoms with Gasteiger partial charge in [-0.3, -0.25) is 9.05 Å². The van der Waals surface area contributed by atoms with Crippen molar-refractivity contribution in [1.82, 2.24) is 5.09 Å². The summed E-state index contributed by atoms with van der Waals surface area (Å²) < 4.78 is 22.9. The molecule has 27 heavy (non-hydrogen) atoms. The van der Waals surface area contributed by atoms with Gasteiger partial charge in [0.2, 0.25) is 0 Å². The van der Waals surface area contributed by atoms with Crippen molar-refractivity contribution in [2.45, 2.75) is 26.7 Å². The molecule has 1 unspecified atom stereocenters. The van der Waals surface area contributed by atoms with Crippen molar-refractivity contribution < 1.29 is 23.5 Å². The summed E-state index contributed by atoms with van der Waals surface area (Å²) in [6.07, 6.45) is 0. The molecule has 0 heterocycles. The van der Waals surface area contributed by atoms with E-state index in [4.69, 9.17) is 14.2 Å². The molecule has 0 aliphatic carbocycles. The van der Waals surface area contributed by atoms with Gasteiger partial charge in [-0.05, 0) is 48.6 Å². The number of hydrogen-bond donors (Lipinski definition) is 2. The third-order valence-corrected chi connectivity index (χ3v) is 5.88. The normalized spacial score (nSPS) is 12.7. The third-order valence-electron chi connectivity index (χ3n) is 4.11. The number of rotatable bonds is 10. The van der Waals surface area contributed by atoms with Crippen molar-refractivity contribution in [2.75, 3.05) is 19.8 Å². The van der Waals surface area contributed by atoms with E-state index in [-0.39, 0.29) is 11.5 Å². The summed E-state index contributed by atoms with van der Waals surface area (Å²) in [6.45, 7) is 6.63. The monoisotopic (exact) mass is 391 g/mol. The minimum Gasteiger partial charge on any atom is -0.478 e. The molecule has 0 aliphatic heterocycles. The summed E-state index contributed by atoms with van der Waals surface area (Å²) in [5.41, 5.74) is 3.12. The minimum atomic E-state index is -3.27. The van der Waals surface area contributed by atoms with Gasteiger partial charge in [0, 0.05) is 6.54 Å². The van der Waals surface area contributed by atoms with Crippen LogP contribution in [0.5, 0.6) is 0 Å². The molecule has 0 aromatic heterocycles. The maximum absolute atomic E-state index is 12.5. The topological polar surface area (TPSA) is 84.9 Å². The Balaban J connectivity index is 2.07. The van der Waals surface area contributed by atoms with Gasteiger partial charge in [-0.1, -0.05) is 43.3 Å². The average molecular weight is 391 g/mol. The second-order valence-electron chi connectivity index (χ2n) is 6.10. The van der Waals surface area contributed by atoms with E-state index in [0.29, 0.717) is 19.8 Å². The molecule has 0 radical (unpaired) electrons. The molecule has 0 aliphatic rings. The lowest BCUT2D eigenvalue weighted by Gasteiger charge is -2.20. The lowest BCUT2D eigenvalue weighted by Crippen LogP contribution is -2.20. The second kappa shape index (κ2) is 9.81. The number of carbonyl (C=O) groups is 1. The first-order valence-corrected chi connectivity index (χ1v) is 10.5. The molecule has 2 aromatic rings. The molecular weight excluding hydrogens is 365 g/mol. The standard InChI is InChI=1S/C20H26NO5P/c1-4-25-27(24,26-5-2)21-14-15(3)16-9-11-17(12-10-16)18-7-6-8-19(13-18)20(22)23/h6-13,15H,4-5,14H2,1-3H3,(H,21,24)(H,22,23). The van der Waals surface area contributed by atoms with Crippen LogP contribution in [0.3, 0.4) is 0 Å². The van der Waals surface area contributed by atoms with E-state index in [2.05, 4.69) is 5.09 Å². The number of carboxylic acids is 1. The molecule has 0 saturated heterocycles. The molecule has 0 spiro atoms. The minimum absolute atomic E-state index is 0.0960. The first-order chi connectivity index (χ1) is 12.9. The molecule has 0 saturated carbocycles. The summed E-state index contributed by atoms with van der Waals surface area (Å²) in [7, 11) is -3.27. The molecule has 2 aromatic carbocycles. The zero-order chi connectivity index (χ0) is 19.9. The van der Waals surface area contributed by atoms with Crippen LogP contribution in [0.4, 0.5) is 0 Å². The van der Waals surface area contributed by atoms with Crippen LogP contribution in [-0.4, -0.2) is 30.8 Å². The number of nitrogens with one attached hydrogen (secondary N) is 1. The Bertz CT molecular complexity index is 796. The quantitative estimate of drug-likeness (QED) is 0.559. The fourth-order valence-corrected chi connectivity index (χ4v) is 4.11. The molecule has 0 amide bonds. The number of hydrogen-bond acceptors (Lipinski definition) is 4. The molecule has 2 rings (SSSR count). The fraction of sp³-hybridized carbons (Fsp3) is 0.350. The molecule has 0 fully saturated rings. The summed E-state index contributed by atoms with van der Waals surface area (Å²) in [4.78, 5) is 11.1. The van der Waals surface area contributed by atoms with Gasteiger partial charge in [-0.2, -0.15) is 0 Å². The predicted molar refractivity (Wildman–Crippen MR) is 106 cm³/mol. The summed E-state index contributed by atoms with van der Waals surface area (Å²) in [6, 6.07) is 14.7. The average Bonchev–Trinajstić information content (AvgIpc) is 2.67. The molecular formula is C20H26NO5P.